The van der Waals surface area contributed by atoms with Crippen LogP contribution in [0, 0.1) is 0 Å². The van der Waals surface area contributed by atoms with E-state index >= 15 is 0 Å². The van der Waals surface area contributed by atoms with Gasteiger partial charge in [0.15, 0.2) is 0 Å². The number of likely N-dealkylation sites (tertiary alicyclic amines) is 1. The molecule has 0 bridgehead atoms. The van der Waals surface area contributed by atoms with E-state index in [1.165, 1.54) is 37.9 Å². The first-order valence-electron chi connectivity index (χ1n) is 12.3. The second-order valence-electron chi connectivity index (χ2n) is 9.21. The molecule has 1 aromatic heterocycles. The zero-order valence-electron chi connectivity index (χ0n) is 19.4. The lowest BCUT2D eigenvalue weighted by molar-refractivity contribution is -0.110. The van der Waals surface area contributed by atoms with E-state index in [0.717, 1.165) is 61.2 Å². The molecular formula is C27H32N2O4. The number of nitrogens with zero attached hydrogens (tertiary/aromatic N) is 1. The normalized spacial score (nSPS) is 19.3. The highest BCUT2D eigenvalue weighted by Crippen LogP contribution is 2.37. The highest BCUT2D eigenvalue weighted by atomic mass is 16.5. The average Bonchev–Trinajstić information content (AvgIpc) is 3.35. The van der Waals surface area contributed by atoms with E-state index in [0.29, 0.717) is 23.5 Å². The number of ether oxygens (including phenoxy) is 1. The molecule has 1 N–H and O–H groups in total. The fraction of sp³-hybridized carbons (Fsp3) is 0.481. The fourth-order valence-corrected chi connectivity index (χ4v) is 5.25. The summed E-state index contributed by atoms with van der Waals surface area (Å²) in [6.45, 7) is 5.50. The fourth-order valence-electron chi connectivity index (χ4n) is 5.25. The Balaban J connectivity index is 1.46. The molecule has 0 atom stereocenters. The van der Waals surface area contributed by atoms with Crippen molar-refractivity contribution in [2.24, 2.45) is 0 Å². The maximum absolute atomic E-state index is 12.9. The predicted octanol–water partition coefficient (Wildman–Crippen LogP) is 4.86. The van der Waals surface area contributed by atoms with Gasteiger partial charge in [-0.1, -0.05) is 12.5 Å². The minimum Gasteiger partial charge on any atom is -0.462 e. The molecule has 6 heteroatoms. The predicted molar refractivity (Wildman–Crippen MR) is 128 cm³/mol. The van der Waals surface area contributed by atoms with Gasteiger partial charge in [0.25, 0.3) is 5.91 Å². The minimum absolute atomic E-state index is 0.164. The Labute approximate surface area is 195 Å². The van der Waals surface area contributed by atoms with Gasteiger partial charge in [-0.05, 0) is 82.3 Å². The molecule has 1 fully saturated rings. The quantitative estimate of drug-likeness (QED) is 0.505. The van der Waals surface area contributed by atoms with Crippen LogP contribution in [-0.2, 0) is 28.8 Å². The Bertz CT molecular complexity index is 1090. The summed E-state index contributed by atoms with van der Waals surface area (Å²) in [6.07, 6.45) is 10.3. The standard InChI is InChI=1S/C27H32N2O4/c1-2-32-27(31)25-19-8-4-5-9-23(19)33-24(25)17-21-20-16-18(10-11-22(20)28-26(21)30)12-15-29-13-6-3-7-14-29/h10-11,16-17H,2-9,12-15H2,1H3,(H,28,30). The summed E-state index contributed by atoms with van der Waals surface area (Å²) in [5, 5.41) is 2.96. The molecule has 2 aliphatic heterocycles. The van der Waals surface area contributed by atoms with Gasteiger partial charge in [-0.25, -0.2) is 4.79 Å². The van der Waals surface area contributed by atoms with Crippen LogP contribution in [0.2, 0.25) is 0 Å². The number of furan rings is 1. The number of hydrogen-bond acceptors (Lipinski definition) is 5. The van der Waals surface area contributed by atoms with Gasteiger partial charge in [-0.3, -0.25) is 4.79 Å². The van der Waals surface area contributed by atoms with E-state index in [-0.39, 0.29) is 11.9 Å². The van der Waals surface area contributed by atoms with E-state index in [2.05, 4.69) is 22.3 Å². The number of benzene rings is 1. The number of aryl methyl sites for hydroxylation is 1. The molecular weight excluding hydrogens is 416 g/mol. The summed E-state index contributed by atoms with van der Waals surface area (Å²) in [5.74, 6) is 0.759. The smallest absolute Gasteiger partial charge is 0.342 e. The number of esters is 1. The molecule has 33 heavy (non-hydrogen) atoms. The van der Waals surface area contributed by atoms with Crippen LogP contribution in [0.4, 0.5) is 5.69 Å². The molecule has 0 saturated carbocycles. The average molecular weight is 449 g/mol. The Hall–Kier alpha value is -2.86. The summed E-state index contributed by atoms with van der Waals surface area (Å²) < 4.78 is 11.5. The van der Waals surface area contributed by atoms with Crippen LogP contribution in [0.3, 0.4) is 0 Å². The SMILES string of the molecule is CCOC(=O)c1c(C=C2C(=O)Nc3ccc(CCN4CCCCC4)cc32)oc2c1CCCC2. The van der Waals surface area contributed by atoms with Crippen LogP contribution >= 0.6 is 0 Å². The van der Waals surface area contributed by atoms with Gasteiger partial charge in [0, 0.05) is 29.8 Å². The molecule has 174 valence electrons. The molecule has 1 saturated heterocycles. The van der Waals surface area contributed by atoms with Crippen LogP contribution in [0.1, 0.15) is 77.6 Å². The zero-order chi connectivity index (χ0) is 22.8. The number of carbonyl (C=O) groups is 2. The maximum atomic E-state index is 12.9. The highest BCUT2D eigenvalue weighted by molar-refractivity contribution is 6.35. The number of anilines is 1. The summed E-state index contributed by atoms with van der Waals surface area (Å²) in [6, 6.07) is 6.19. The van der Waals surface area contributed by atoms with Gasteiger partial charge in [0.2, 0.25) is 0 Å². The molecule has 0 spiro atoms. The van der Waals surface area contributed by atoms with Gasteiger partial charge in [-0.2, -0.15) is 0 Å². The second-order valence-corrected chi connectivity index (χ2v) is 9.21. The molecule has 5 rings (SSSR count). The summed E-state index contributed by atoms with van der Waals surface area (Å²) in [4.78, 5) is 28.2. The van der Waals surface area contributed by atoms with Gasteiger partial charge in [0.1, 0.15) is 17.1 Å². The third-order valence-corrected chi connectivity index (χ3v) is 6.99. The molecule has 1 aliphatic carbocycles. The van der Waals surface area contributed by atoms with E-state index in [4.69, 9.17) is 9.15 Å². The molecule has 3 aliphatic rings. The van der Waals surface area contributed by atoms with Gasteiger partial charge in [-0.15, -0.1) is 0 Å². The molecule has 3 heterocycles. The third-order valence-electron chi connectivity index (χ3n) is 6.99. The van der Waals surface area contributed by atoms with Crippen molar-refractivity contribution in [2.45, 2.75) is 58.3 Å². The van der Waals surface area contributed by atoms with E-state index in [1.54, 1.807) is 13.0 Å². The first kappa shape index (κ1) is 22.0. The first-order chi connectivity index (χ1) is 16.1. The first-order valence-corrected chi connectivity index (χ1v) is 12.3. The summed E-state index contributed by atoms with van der Waals surface area (Å²) >= 11 is 0. The van der Waals surface area contributed by atoms with Gasteiger partial charge in [0.05, 0.1) is 12.2 Å². The third kappa shape index (κ3) is 4.49. The Kier molecular flexibility index (Phi) is 6.36. The number of fused-ring (bicyclic) bond motifs is 2. The molecule has 2 aromatic rings. The van der Waals surface area contributed by atoms with E-state index < -0.39 is 0 Å². The number of amides is 1. The van der Waals surface area contributed by atoms with Crippen LogP contribution in [0.25, 0.3) is 11.6 Å². The van der Waals surface area contributed by atoms with Gasteiger partial charge < -0.3 is 19.4 Å². The Morgan fingerprint density at radius 1 is 1.15 bits per heavy atom. The van der Waals surface area contributed by atoms with Crippen molar-refractivity contribution in [2.75, 3.05) is 31.6 Å². The number of carbonyl (C=O) groups excluding carboxylic acids is 2. The molecule has 0 radical (unpaired) electrons. The minimum atomic E-state index is -0.370. The molecule has 0 unspecified atom stereocenters. The highest BCUT2D eigenvalue weighted by Gasteiger charge is 2.30. The maximum Gasteiger partial charge on any atom is 0.342 e. The number of piperidine rings is 1. The van der Waals surface area contributed by atoms with Crippen LogP contribution in [0.15, 0.2) is 22.6 Å². The Morgan fingerprint density at radius 3 is 2.79 bits per heavy atom. The van der Waals surface area contributed by atoms with E-state index in [9.17, 15) is 9.59 Å². The van der Waals surface area contributed by atoms with E-state index in [1.807, 2.05) is 6.07 Å². The second kappa shape index (κ2) is 9.56. The van der Waals surface area contributed by atoms with Crippen molar-refractivity contribution in [3.63, 3.8) is 0 Å². The molecule has 1 aromatic carbocycles. The lowest BCUT2D eigenvalue weighted by Crippen LogP contribution is -2.31. The van der Waals surface area contributed by atoms with Crippen molar-refractivity contribution in [1.82, 2.24) is 4.90 Å². The van der Waals surface area contributed by atoms with Crippen molar-refractivity contribution in [3.05, 3.63) is 52.0 Å². The van der Waals surface area contributed by atoms with Crippen LogP contribution < -0.4 is 5.32 Å². The number of rotatable bonds is 6. The van der Waals surface area contributed by atoms with Gasteiger partial charge >= 0.3 is 5.97 Å². The lowest BCUT2D eigenvalue weighted by atomic mass is 9.94. The Morgan fingerprint density at radius 2 is 1.97 bits per heavy atom. The topological polar surface area (TPSA) is 71.8 Å². The van der Waals surface area contributed by atoms with Crippen molar-refractivity contribution in [3.8, 4) is 0 Å². The van der Waals surface area contributed by atoms with Crippen LogP contribution in [-0.4, -0.2) is 43.0 Å². The van der Waals surface area contributed by atoms with Crippen LogP contribution in [0.5, 0.6) is 0 Å². The number of nitrogens with one attached hydrogen (secondary N) is 1. The van der Waals surface area contributed by atoms with Crippen molar-refractivity contribution in [1.29, 1.82) is 0 Å². The molecule has 1 amide bonds. The largest absolute Gasteiger partial charge is 0.462 e. The summed E-state index contributed by atoms with van der Waals surface area (Å²) in [7, 11) is 0. The zero-order valence-corrected chi connectivity index (χ0v) is 19.4. The number of hydrogen-bond donors (Lipinski definition) is 1. The molecule has 6 nitrogen and oxygen atoms in total. The van der Waals surface area contributed by atoms with Crippen molar-refractivity contribution < 1.29 is 18.7 Å². The van der Waals surface area contributed by atoms with Crippen molar-refractivity contribution >= 4 is 29.2 Å². The summed E-state index contributed by atoms with van der Waals surface area (Å²) in [5.41, 5.74) is 4.87. The lowest BCUT2D eigenvalue weighted by Gasteiger charge is -2.26. The monoisotopic (exact) mass is 448 g/mol.